The second kappa shape index (κ2) is 4.33. The fourth-order valence-electron chi connectivity index (χ4n) is 3.14. The van der Waals surface area contributed by atoms with E-state index in [0.29, 0.717) is 4.91 Å². The van der Waals surface area contributed by atoms with Gasteiger partial charge in [-0.2, -0.15) is 4.57 Å². The molecule has 110 valence electrons. The Morgan fingerprint density at radius 1 is 1.32 bits per heavy atom. The Morgan fingerprint density at radius 2 is 2.05 bits per heavy atom. The predicted octanol–water partition coefficient (Wildman–Crippen LogP) is 0.698. The van der Waals surface area contributed by atoms with Gasteiger partial charge in [-0.15, -0.1) is 0 Å². The molecule has 0 saturated carbocycles. The Bertz CT molecular complexity index is 877. The lowest BCUT2D eigenvalue weighted by atomic mass is 10.1. The number of hydrogen-bond donors (Lipinski definition) is 0. The number of carbonyl (C=O) groups is 2. The fraction of sp³-hybridized carbons (Fsp3) is 0.188. The second-order valence-electron chi connectivity index (χ2n) is 5.42. The minimum absolute atomic E-state index is 0.0121. The van der Waals surface area contributed by atoms with Crippen molar-refractivity contribution in [2.45, 2.75) is 18.3 Å². The molecule has 2 aliphatic rings. The van der Waals surface area contributed by atoms with Gasteiger partial charge in [-0.25, -0.2) is 4.90 Å². The second-order valence-corrected chi connectivity index (χ2v) is 6.89. The molecule has 0 N–H and O–H groups in total. The SMILES string of the molecule is CC1=C(C(=O)[O-])N2C(=O)C[C@@]2([n+]2ccc3ccccc3c2)S1. The van der Waals surface area contributed by atoms with Gasteiger partial charge in [0.1, 0.15) is 6.42 Å². The zero-order valence-electron chi connectivity index (χ0n) is 11.8. The van der Waals surface area contributed by atoms with Crippen molar-refractivity contribution < 1.29 is 19.3 Å². The molecule has 6 heteroatoms. The van der Waals surface area contributed by atoms with Crippen LogP contribution in [0.4, 0.5) is 0 Å². The van der Waals surface area contributed by atoms with E-state index < -0.39 is 11.0 Å². The Morgan fingerprint density at radius 3 is 2.73 bits per heavy atom. The van der Waals surface area contributed by atoms with Gasteiger partial charge in [0, 0.05) is 16.4 Å². The molecule has 1 aromatic heterocycles. The first-order valence-electron chi connectivity index (χ1n) is 6.88. The van der Waals surface area contributed by atoms with Crippen molar-refractivity contribution in [3.8, 4) is 0 Å². The number of aliphatic carboxylic acids is 1. The summed E-state index contributed by atoms with van der Waals surface area (Å²) in [5, 5.41) is 13.5. The van der Waals surface area contributed by atoms with Gasteiger partial charge < -0.3 is 9.90 Å². The van der Waals surface area contributed by atoms with E-state index in [9.17, 15) is 14.7 Å². The van der Waals surface area contributed by atoms with E-state index >= 15 is 0 Å². The molecule has 2 aromatic rings. The van der Waals surface area contributed by atoms with E-state index in [1.807, 2.05) is 47.3 Å². The van der Waals surface area contributed by atoms with Crippen LogP contribution < -0.4 is 9.67 Å². The average Bonchev–Trinajstić information content (AvgIpc) is 2.75. The molecular weight excluding hydrogens is 300 g/mol. The third-order valence-electron chi connectivity index (χ3n) is 4.14. The molecule has 22 heavy (non-hydrogen) atoms. The number of rotatable bonds is 2. The summed E-state index contributed by atoms with van der Waals surface area (Å²) >= 11 is 1.39. The number of hydrogen-bond acceptors (Lipinski definition) is 4. The van der Waals surface area contributed by atoms with Gasteiger partial charge in [0.05, 0.1) is 11.7 Å². The minimum atomic E-state index is -1.30. The van der Waals surface area contributed by atoms with Crippen molar-refractivity contribution in [2.75, 3.05) is 0 Å². The number of thioether (sulfide) groups is 1. The van der Waals surface area contributed by atoms with Gasteiger partial charge in [0.2, 0.25) is 5.91 Å². The standard InChI is InChI=1S/C16H12N2O3S/c1-10-14(15(20)21)18-13(19)8-16(18,22-10)17-7-6-11-4-2-3-5-12(11)9-17/h2-7,9H,8H2,1H3/t16-/m0/s1. The first kappa shape index (κ1) is 13.3. The number of β-lactam (4-membered cyclic amide) rings is 1. The summed E-state index contributed by atoms with van der Waals surface area (Å²) in [5.74, 6) is -1.49. The molecule has 1 fully saturated rings. The number of allylic oxidation sites excluding steroid dienone is 1. The summed E-state index contributed by atoms with van der Waals surface area (Å²) in [4.78, 5) is 24.6. The number of benzene rings is 1. The van der Waals surface area contributed by atoms with Gasteiger partial charge in [-0.05, 0) is 30.1 Å². The summed E-state index contributed by atoms with van der Waals surface area (Å²) in [7, 11) is 0. The van der Waals surface area contributed by atoms with Crippen LogP contribution in [0, 0.1) is 0 Å². The first-order chi connectivity index (χ1) is 10.5. The quantitative estimate of drug-likeness (QED) is 0.605. The lowest BCUT2D eigenvalue weighted by Gasteiger charge is -2.41. The molecule has 2 aliphatic heterocycles. The summed E-state index contributed by atoms with van der Waals surface area (Å²) in [5.41, 5.74) is -0.0121. The highest BCUT2D eigenvalue weighted by atomic mass is 32.2. The van der Waals surface area contributed by atoms with Crippen molar-refractivity contribution in [2.24, 2.45) is 0 Å². The number of fused-ring (bicyclic) bond motifs is 2. The molecule has 1 saturated heterocycles. The van der Waals surface area contributed by atoms with Crippen LogP contribution in [-0.4, -0.2) is 16.8 Å². The molecule has 5 nitrogen and oxygen atoms in total. The molecule has 0 aliphatic carbocycles. The molecular formula is C16H12N2O3S. The number of carboxylic acid groups (broad SMARTS) is 1. The van der Waals surface area contributed by atoms with Crippen molar-refractivity contribution >= 4 is 34.4 Å². The Labute approximate surface area is 130 Å². The summed E-state index contributed by atoms with van der Waals surface area (Å²) in [6.45, 7) is 1.71. The Balaban J connectivity index is 1.85. The maximum atomic E-state index is 12.0. The monoisotopic (exact) mass is 312 g/mol. The van der Waals surface area contributed by atoms with Gasteiger partial charge >= 0.3 is 4.99 Å². The summed E-state index contributed by atoms with van der Waals surface area (Å²) in [6.07, 6.45) is 4.11. The van der Waals surface area contributed by atoms with E-state index in [0.717, 1.165) is 10.8 Å². The third kappa shape index (κ3) is 1.58. The number of pyridine rings is 1. The van der Waals surface area contributed by atoms with Crippen molar-refractivity contribution in [3.63, 3.8) is 0 Å². The molecule has 0 radical (unpaired) electrons. The average molecular weight is 312 g/mol. The number of carbonyl (C=O) groups excluding carboxylic acids is 2. The molecule has 0 unspecified atom stereocenters. The normalized spacial score (nSPS) is 23.7. The zero-order valence-corrected chi connectivity index (χ0v) is 12.6. The molecule has 1 amide bonds. The van der Waals surface area contributed by atoms with Gasteiger partial charge in [-0.3, -0.25) is 4.79 Å². The fourth-order valence-corrected chi connectivity index (χ4v) is 4.60. The number of aromatic nitrogens is 1. The molecule has 3 heterocycles. The Hall–Kier alpha value is -2.34. The highest BCUT2D eigenvalue weighted by molar-refractivity contribution is 8.03. The van der Waals surface area contributed by atoms with E-state index in [-0.39, 0.29) is 18.0 Å². The molecule has 4 rings (SSSR count). The lowest BCUT2D eigenvalue weighted by Crippen LogP contribution is -2.72. The van der Waals surface area contributed by atoms with E-state index in [2.05, 4.69) is 0 Å². The summed E-state index contributed by atoms with van der Waals surface area (Å²) in [6, 6.07) is 9.89. The van der Waals surface area contributed by atoms with Crippen LogP contribution >= 0.6 is 11.8 Å². The minimum Gasteiger partial charge on any atom is -0.543 e. The van der Waals surface area contributed by atoms with Crippen LogP contribution in [0.15, 0.2) is 53.3 Å². The van der Waals surface area contributed by atoms with Gasteiger partial charge in [0.25, 0.3) is 0 Å². The molecule has 0 spiro atoms. The molecule has 0 bridgehead atoms. The van der Waals surface area contributed by atoms with Crippen molar-refractivity contribution in [1.29, 1.82) is 0 Å². The smallest absolute Gasteiger partial charge is 0.311 e. The number of amides is 1. The summed E-state index contributed by atoms with van der Waals surface area (Å²) < 4.78 is 1.92. The third-order valence-corrected chi connectivity index (χ3v) is 5.50. The van der Waals surface area contributed by atoms with Crippen LogP contribution in [0.25, 0.3) is 10.8 Å². The molecule has 1 atom stereocenters. The number of nitrogens with zero attached hydrogens (tertiary/aromatic N) is 2. The zero-order chi connectivity index (χ0) is 15.5. The van der Waals surface area contributed by atoms with Crippen LogP contribution in [0.5, 0.6) is 0 Å². The Kier molecular flexibility index (Phi) is 2.62. The van der Waals surface area contributed by atoms with Crippen LogP contribution in [-0.2, 0) is 14.6 Å². The topological polar surface area (TPSA) is 64.3 Å². The van der Waals surface area contributed by atoms with Gasteiger partial charge in [-0.1, -0.05) is 18.2 Å². The first-order valence-corrected chi connectivity index (χ1v) is 7.69. The largest absolute Gasteiger partial charge is 0.543 e. The maximum absolute atomic E-state index is 12.0. The maximum Gasteiger partial charge on any atom is 0.311 e. The van der Waals surface area contributed by atoms with Crippen molar-refractivity contribution in [1.82, 2.24) is 4.90 Å². The van der Waals surface area contributed by atoms with Crippen molar-refractivity contribution in [3.05, 3.63) is 53.3 Å². The number of carboxylic acids is 1. The van der Waals surface area contributed by atoms with E-state index in [1.165, 1.54) is 16.7 Å². The highest BCUT2D eigenvalue weighted by Crippen LogP contribution is 2.54. The van der Waals surface area contributed by atoms with Crippen LogP contribution in [0.2, 0.25) is 0 Å². The molecule has 1 aromatic carbocycles. The lowest BCUT2D eigenvalue weighted by molar-refractivity contribution is -0.760. The van der Waals surface area contributed by atoms with Crippen LogP contribution in [0.3, 0.4) is 0 Å². The highest BCUT2D eigenvalue weighted by Gasteiger charge is 2.65. The van der Waals surface area contributed by atoms with E-state index in [1.54, 1.807) is 6.92 Å². The predicted molar refractivity (Wildman–Crippen MR) is 78.9 cm³/mol. The van der Waals surface area contributed by atoms with Crippen LogP contribution in [0.1, 0.15) is 13.3 Å². The van der Waals surface area contributed by atoms with Gasteiger partial charge in [0.15, 0.2) is 12.4 Å². The van der Waals surface area contributed by atoms with E-state index in [4.69, 9.17) is 0 Å².